The molecule has 130 valence electrons. The lowest BCUT2D eigenvalue weighted by atomic mass is 9.68. The highest BCUT2D eigenvalue weighted by Gasteiger charge is 2.49. The van der Waals surface area contributed by atoms with E-state index < -0.39 is 15.6 Å². The Bertz CT molecular complexity index is 801. The topological polar surface area (TPSA) is 70.4 Å². The number of likely N-dealkylation sites (tertiary alicyclic amines) is 1. The first-order valence-electron chi connectivity index (χ1n) is 7.37. The molecule has 2 bridgehead atoms. The number of hydrogen-bond donors (Lipinski definition) is 0. The van der Waals surface area contributed by atoms with Crippen LogP contribution < -0.4 is 4.18 Å². The van der Waals surface area contributed by atoms with E-state index in [2.05, 4.69) is 15.2 Å². The maximum absolute atomic E-state index is 12.5. The van der Waals surface area contributed by atoms with Gasteiger partial charge >= 0.3 is 15.6 Å². The fraction of sp³-hybridized carbons (Fsp3) is 0.533. The molecule has 0 radical (unpaired) electrons. The molecule has 0 N–H and O–H groups in total. The Morgan fingerprint density at radius 1 is 1.38 bits per heavy atom. The van der Waals surface area contributed by atoms with Gasteiger partial charge in [0.1, 0.15) is 5.75 Å². The van der Waals surface area contributed by atoms with Gasteiger partial charge in [-0.05, 0) is 49.7 Å². The second-order valence-corrected chi connectivity index (χ2v) is 7.68. The van der Waals surface area contributed by atoms with Gasteiger partial charge in [0.15, 0.2) is 0 Å². The summed E-state index contributed by atoms with van der Waals surface area (Å²) in [4.78, 5) is 2.12. The van der Waals surface area contributed by atoms with Crippen LogP contribution in [-0.4, -0.2) is 38.5 Å². The van der Waals surface area contributed by atoms with E-state index in [1.54, 1.807) is 6.07 Å². The lowest BCUT2D eigenvalue weighted by molar-refractivity contribution is -0.0500. The molecule has 3 rings (SSSR count). The normalized spacial score (nSPS) is 27.2. The van der Waals surface area contributed by atoms with E-state index in [1.165, 1.54) is 12.1 Å². The smallest absolute Gasteiger partial charge is 0.376 e. The lowest BCUT2D eigenvalue weighted by Crippen LogP contribution is -2.49. The zero-order valence-corrected chi connectivity index (χ0v) is 13.6. The zero-order chi connectivity index (χ0) is 17.7. The van der Waals surface area contributed by atoms with E-state index in [4.69, 9.17) is 0 Å². The van der Waals surface area contributed by atoms with Gasteiger partial charge < -0.3 is 9.08 Å². The number of halogens is 3. The molecule has 3 unspecified atom stereocenters. The first-order chi connectivity index (χ1) is 11.1. The first-order valence-corrected chi connectivity index (χ1v) is 8.78. The molecule has 1 saturated heterocycles. The Hall–Kier alpha value is -1.79. The molecule has 0 saturated carbocycles. The van der Waals surface area contributed by atoms with Crippen LogP contribution in [0.2, 0.25) is 0 Å². The van der Waals surface area contributed by atoms with Crippen molar-refractivity contribution in [3.63, 3.8) is 0 Å². The van der Waals surface area contributed by atoms with Crippen molar-refractivity contribution in [3.05, 3.63) is 29.3 Å². The summed E-state index contributed by atoms with van der Waals surface area (Å²) in [5, 5.41) is 9.45. The van der Waals surface area contributed by atoms with Gasteiger partial charge in [-0.2, -0.15) is 26.9 Å². The molecule has 3 atom stereocenters. The monoisotopic (exact) mass is 360 g/mol. The van der Waals surface area contributed by atoms with Crippen LogP contribution in [0, 0.1) is 17.2 Å². The van der Waals surface area contributed by atoms with E-state index in [9.17, 15) is 26.9 Å². The number of nitriles is 1. The summed E-state index contributed by atoms with van der Waals surface area (Å²) in [5.74, 6) is -0.775. The largest absolute Gasteiger partial charge is 0.534 e. The van der Waals surface area contributed by atoms with E-state index >= 15 is 0 Å². The highest BCUT2D eigenvalue weighted by atomic mass is 32.2. The molecular formula is C15H15F3N2O3S. The van der Waals surface area contributed by atoms with Gasteiger partial charge in [0.2, 0.25) is 0 Å². The molecule has 1 aromatic rings. The summed E-state index contributed by atoms with van der Waals surface area (Å²) in [7, 11) is -3.75. The molecule has 2 aliphatic rings. The third kappa shape index (κ3) is 2.74. The van der Waals surface area contributed by atoms with Crippen molar-refractivity contribution < 1.29 is 25.8 Å². The van der Waals surface area contributed by atoms with Crippen molar-refractivity contribution in [1.29, 1.82) is 5.26 Å². The first kappa shape index (κ1) is 17.0. The quantitative estimate of drug-likeness (QED) is 0.598. The third-order valence-corrected chi connectivity index (χ3v) is 5.77. The van der Waals surface area contributed by atoms with E-state index in [-0.39, 0.29) is 23.6 Å². The molecular weight excluding hydrogens is 345 g/mol. The van der Waals surface area contributed by atoms with Crippen LogP contribution in [0.25, 0.3) is 0 Å². The van der Waals surface area contributed by atoms with E-state index in [0.717, 1.165) is 12.1 Å². The number of benzene rings is 1. The van der Waals surface area contributed by atoms with Gasteiger partial charge in [0.05, 0.1) is 12.0 Å². The maximum atomic E-state index is 12.5. The van der Waals surface area contributed by atoms with Crippen molar-refractivity contribution in [2.45, 2.75) is 30.3 Å². The third-order valence-electron chi connectivity index (χ3n) is 4.79. The number of nitrogens with zero attached hydrogens (tertiary/aromatic N) is 2. The molecule has 0 aromatic heterocycles. The molecule has 1 heterocycles. The maximum Gasteiger partial charge on any atom is 0.534 e. The molecule has 0 amide bonds. The summed E-state index contributed by atoms with van der Waals surface area (Å²) in [6.45, 7) is 0.777. The van der Waals surface area contributed by atoms with Crippen molar-refractivity contribution in [1.82, 2.24) is 4.90 Å². The fourth-order valence-corrected chi connectivity index (χ4v) is 4.04. The highest BCUT2D eigenvalue weighted by Crippen LogP contribution is 2.44. The van der Waals surface area contributed by atoms with Crippen LogP contribution in [0.4, 0.5) is 13.2 Å². The summed E-state index contributed by atoms with van der Waals surface area (Å²) in [6, 6.07) is 6.49. The summed E-state index contributed by atoms with van der Waals surface area (Å²) < 4.78 is 63.9. The molecule has 1 aromatic carbocycles. The SMILES string of the molecule is CN1CCC2c3cc(OS(=O)(=O)C(F)(F)F)ccc3CC1C2C#N. The number of rotatable bonds is 2. The Morgan fingerprint density at radius 3 is 2.71 bits per heavy atom. The summed E-state index contributed by atoms with van der Waals surface area (Å²) in [5.41, 5.74) is -3.85. The molecule has 1 aliphatic carbocycles. The minimum absolute atomic E-state index is 0.0620. The number of alkyl halides is 3. The number of likely N-dealkylation sites (N-methyl/N-ethyl adjacent to an activating group) is 1. The van der Waals surface area contributed by atoms with Crippen molar-refractivity contribution in [2.24, 2.45) is 5.92 Å². The van der Waals surface area contributed by atoms with Gasteiger partial charge in [0.25, 0.3) is 0 Å². The van der Waals surface area contributed by atoms with Gasteiger partial charge in [-0.1, -0.05) is 6.07 Å². The van der Waals surface area contributed by atoms with E-state index in [0.29, 0.717) is 18.4 Å². The lowest BCUT2D eigenvalue weighted by Gasteiger charge is -2.45. The average molecular weight is 360 g/mol. The minimum atomic E-state index is -5.70. The number of fused-ring (bicyclic) bond motifs is 4. The fourth-order valence-electron chi connectivity index (χ4n) is 3.59. The molecule has 1 fully saturated rings. The predicted molar refractivity (Wildman–Crippen MR) is 78.6 cm³/mol. The molecule has 0 spiro atoms. The van der Waals surface area contributed by atoms with Crippen molar-refractivity contribution in [3.8, 4) is 11.8 Å². The van der Waals surface area contributed by atoms with Gasteiger partial charge in [0, 0.05) is 12.0 Å². The summed E-state index contributed by atoms with van der Waals surface area (Å²) >= 11 is 0. The van der Waals surface area contributed by atoms with Crippen molar-refractivity contribution in [2.75, 3.05) is 13.6 Å². The Morgan fingerprint density at radius 2 is 2.08 bits per heavy atom. The van der Waals surface area contributed by atoms with Gasteiger partial charge in [-0.25, -0.2) is 0 Å². The van der Waals surface area contributed by atoms with Crippen LogP contribution >= 0.6 is 0 Å². The number of piperidine rings is 1. The van der Waals surface area contributed by atoms with Gasteiger partial charge in [-0.15, -0.1) is 0 Å². The molecule has 9 heteroatoms. The van der Waals surface area contributed by atoms with Crippen LogP contribution in [0.5, 0.6) is 5.75 Å². The average Bonchev–Trinajstić information content (AvgIpc) is 2.49. The zero-order valence-electron chi connectivity index (χ0n) is 12.7. The summed E-state index contributed by atoms with van der Waals surface area (Å²) in [6.07, 6.45) is 1.29. The minimum Gasteiger partial charge on any atom is -0.376 e. The Balaban J connectivity index is 1.97. The molecule has 24 heavy (non-hydrogen) atoms. The molecule has 1 aliphatic heterocycles. The van der Waals surface area contributed by atoms with Crippen LogP contribution in [-0.2, 0) is 16.5 Å². The van der Waals surface area contributed by atoms with Crippen LogP contribution in [0.3, 0.4) is 0 Å². The predicted octanol–water partition coefficient (Wildman–Crippen LogP) is 2.40. The van der Waals surface area contributed by atoms with E-state index in [1.807, 2.05) is 7.05 Å². The van der Waals surface area contributed by atoms with Crippen LogP contribution in [0.15, 0.2) is 18.2 Å². The van der Waals surface area contributed by atoms with Crippen LogP contribution in [0.1, 0.15) is 23.5 Å². The highest BCUT2D eigenvalue weighted by molar-refractivity contribution is 7.88. The second kappa shape index (κ2) is 5.63. The number of hydrogen-bond acceptors (Lipinski definition) is 5. The standard InChI is InChI=1S/C15H15F3N2O3S/c1-20-5-4-11-12-7-10(23-24(21,22)15(16,17)18)3-2-9(12)6-14(20)13(11)8-19/h2-3,7,11,13-14H,4-6H2,1H3. The second-order valence-electron chi connectivity index (χ2n) is 6.15. The Labute approximate surface area is 137 Å². The van der Waals surface area contributed by atoms with Crippen molar-refractivity contribution >= 4 is 10.1 Å². The molecule has 5 nitrogen and oxygen atoms in total. The Kier molecular flexibility index (Phi) is 4.00. The van der Waals surface area contributed by atoms with Gasteiger partial charge in [-0.3, -0.25) is 0 Å².